The van der Waals surface area contributed by atoms with Gasteiger partial charge in [-0.1, -0.05) is 6.92 Å². The Bertz CT molecular complexity index is 262. The molecule has 1 heterocycles. The zero-order valence-electron chi connectivity index (χ0n) is 7.37. The van der Waals surface area contributed by atoms with Crippen LogP contribution in [0.4, 0.5) is 5.82 Å². The zero-order chi connectivity index (χ0) is 8.97. The van der Waals surface area contributed by atoms with Crippen LogP contribution in [0.5, 0.6) is 0 Å². The second-order valence-electron chi connectivity index (χ2n) is 2.49. The molecule has 4 heteroatoms. The summed E-state index contributed by atoms with van der Waals surface area (Å²) in [4.78, 5) is 8.45. The fourth-order valence-corrected chi connectivity index (χ4v) is 1.34. The first kappa shape index (κ1) is 9.32. The van der Waals surface area contributed by atoms with E-state index in [0.29, 0.717) is 5.82 Å². The number of hydrogen-bond acceptors (Lipinski definition) is 4. The van der Waals surface area contributed by atoms with Crippen LogP contribution in [0.15, 0.2) is 6.07 Å². The highest BCUT2D eigenvalue weighted by atomic mass is 32.2. The van der Waals surface area contributed by atoms with Gasteiger partial charge in [-0.15, -0.1) is 0 Å². The average Bonchev–Trinajstić information content (AvgIpc) is 2.04. The van der Waals surface area contributed by atoms with Crippen molar-refractivity contribution in [3.63, 3.8) is 0 Å². The molecule has 0 aliphatic rings. The Kier molecular flexibility index (Phi) is 3.34. The minimum Gasteiger partial charge on any atom is -0.384 e. The van der Waals surface area contributed by atoms with Crippen molar-refractivity contribution in [2.75, 3.05) is 12.0 Å². The van der Waals surface area contributed by atoms with Crippen LogP contribution in [0.1, 0.15) is 18.4 Å². The predicted octanol–water partition coefficient (Wildman–Crippen LogP) is 1.48. The second-order valence-corrected chi connectivity index (χ2v) is 3.35. The molecule has 2 N–H and O–H groups in total. The Morgan fingerprint density at radius 3 is 2.83 bits per heavy atom. The molecule has 0 unspecified atom stereocenters. The van der Waals surface area contributed by atoms with Crippen LogP contribution < -0.4 is 5.73 Å². The van der Waals surface area contributed by atoms with Gasteiger partial charge in [0.1, 0.15) is 11.6 Å². The van der Waals surface area contributed by atoms with Crippen LogP contribution in [0.3, 0.4) is 0 Å². The maximum atomic E-state index is 5.60. The summed E-state index contributed by atoms with van der Waals surface area (Å²) in [5.74, 6) is 2.24. The SMILES string of the molecule is CCc1cc(N)nc(CSC)n1. The standard InChI is InChI=1S/C8H13N3S/c1-3-6-4-7(9)11-8(10-6)5-12-2/h4H,3,5H2,1-2H3,(H2,9,10,11). The molecule has 1 rings (SSSR count). The van der Waals surface area contributed by atoms with E-state index >= 15 is 0 Å². The highest BCUT2D eigenvalue weighted by molar-refractivity contribution is 7.97. The summed E-state index contributed by atoms with van der Waals surface area (Å²) in [6.45, 7) is 2.06. The normalized spacial score (nSPS) is 10.2. The fraction of sp³-hybridized carbons (Fsp3) is 0.500. The number of nitrogen functional groups attached to an aromatic ring is 1. The molecule has 0 saturated heterocycles. The highest BCUT2D eigenvalue weighted by Crippen LogP contribution is 2.08. The lowest BCUT2D eigenvalue weighted by Gasteiger charge is -2.01. The van der Waals surface area contributed by atoms with Crippen molar-refractivity contribution >= 4 is 17.6 Å². The first-order valence-electron chi connectivity index (χ1n) is 3.87. The van der Waals surface area contributed by atoms with E-state index in [1.807, 2.05) is 12.3 Å². The minimum atomic E-state index is 0.575. The molecule has 0 aromatic carbocycles. The van der Waals surface area contributed by atoms with Crippen molar-refractivity contribution in [1.82, 2.24) is 9.97 Å². The Balaban J connectivity index is 2.90. The number of thioether (sulfide) groups is 1. The van der Waals surface area contributed by atoms with Gasteiger partial charge in [0.25, 0.3) is 0 Å². The van der Waals surface area contributed by atoms with Gasteiger partial charge in [-0.25, -0.2) is 9.97 Å². The van der Waals surface area contributed by atoms with E-state index in [2.05, 4.69) is 16.9 Å². The molecular weight excluding hydrogens is 170 g/mol. The summed E-state index contributed by atoms with van der Waals surface area (Å²) < 4.78 is 0. The molecule has 0 bridgehead atoms. The molecule has 0 aliphatic carbocycles. The first-order valence-corrected chi connectivity index (χ1v) is 5.27. The van der Waals surface area contributed by atoms with Gasteiger partial charge in [-0.2, -0.15) is 11.8 Å². The van der Waals surface area contributed by atoms with Crippen LogP contribution in [0.25, 0.3) is 0 Å². The van der Waals surface area contributed by atoms with Crippen molar-refractivity contribution in [2.45, 2.75) is 19.1 Å². The number of rotatable bonds is 3. The Labute approximate surface area is 76.8 Å². The van der Waals surface area contributed by atoms with Gasteiger partial charge in [0.2, 0.25) is 0 Å². The number of hydrogen-bond donors (Lipinski definition) is 1. The third-order valence-electron chi connectivity index (χ3n) is 1.48. The molecular formula is C8H13N3S. The zero-order valence-corrected chi connectivity index (χ0v) is 8.19. The van der Waals surface area contributed by atoms with E-state index in [-0.39, 0.29) is 0 Å². The summed E-state index contributed by atoms with van der Waals surface area (Å²) in [5.41, 5.74) is 6.62. The van der Waals surface area contributed by atoms with Crippen LogP contribution in [-0.2, 0) is 12.2 Å². The van der Waals surface area contributed by atoms with E-state index in [1.54, 1.807) is 11.8 Å². The number of anilines is 1. The smallest absolute Gasteiger partial charge is 0.140 e. The summed E-state index contributed by atoms with van der Waals surface area (Å²) in [7, 11) is 0. The summed E-state index contributed by atoms with van der Waals surface area (Å²) in [5, 5.41) is 0. The summed E-state index contributed by atoms with van der Waals surface area (Å²) >= 11 is 1.70. The third kappa shape index (κ3) is 2.37. The van der Waals surface area contributed by atoms with Crippen molar-refractivity contribution in [3.05, 3.63) is 17.6 Å². The lowest BCUT2D eigenvalue weighted by Crippen LogP contribution is -2.01. The van der Waals surface area contributed by atoms with E-state index in [9.17, 15) is 0 Å². The summed E-state index contributed by atoms with van der Waals surface area (Å²) in [6, 6.07) is 1.82. The largest absolute Gasteiger partial charge is 0.384 e. The number of aromatic nitrogens is 2. The van der Waals surface area contributed by atoms with E-state index < -0.39 is 0 Å². The monoisotopic (exact) mass is 183 g/mol. The molecule has 1 aromatic heterocycles. The summed E-state index contributed by atoms with van der Waals surface area (Å²) in [6.07, 6.45) is 2.94. The molecule has 66 valence electrons. The lowest BCUT2D eigenvalue weighted by atomic mass is 10.3. The van der Waals surface area contributed by atoms with E-state index in [1.165, 1.54) is 0 Å². The van der Waals surface area contributed by atoms with Gasteiger partial charge >= 0.3 is 0 Å². The Morgan fingerprint density at radius 2 is 2.25 bits per heavy atom. The fourth-order valence-electron chi connectivity index (χ4n) is 0.950. The molecule has 0 saturated carbocycles. The van der Waals surface area contributed by atoms with Crippen molar-refractivity contribution in [2.24, 2.45) is 0 Å². The van der Waals surface area contributed by atoms with Crippen LogP contribution in [0.2, 0.25) is 0 Å². The highest BCUT2D eigenvalue weighted by Gasteiger charge is 1.99. The molecule has 0 amide bonds. The molecule has 1 aromatic rings. The van der Waals surface area contributed by atoms with Crippen LogP contribution in [0, 0.1) is 0 Å². The van der Waals surface area contributed by atoms with Gasteiger partial charge in [0.05, 0.1) is 5.75 Å². The van der Waals surface area contributed by atoms with Gasteiger partial charge in [0, 0.05) is 11.8 Å². The Hall–Kier alpha value is -0.770. The number of nitrogens with two attached hydrogens (primary N) is 1. The van der Waals surface area contributed by atoms with E-state index in [0.717, 1.165) is 23.7 Å². The van der Waals surface area contributed by atoms with Crippen molar-refractivity contribution in [3.8, 4) is 0 Å². The molecule has 0 radical (unpaired) electrons. The number of aryl methyl sites for hydroxylation is 1. The van der Waals surface area contributed by atoms with Crippen LogP contribution in [-0.4, -0.2) is 16.2 Å². The number of nitrogens with zero attached hydrogens (tertiary/aromatic N) is 2. The minimum absolute atomic E-state index is 0.575. The molecule has 0 aliphatic heterocycles. The van der Waals surface area contributed by atoms with Crippen molar-refractivity contribution in [1.29, 1.82) is 0 Å². The first-order chi connectivity index (χ1) is 5.76. The average molecular weight is 183 g/mol. The molecule has 0 spiro atoms. The van der Waals surface area contributed by atoms with Crippen LogP contribution >= 0.6 is 11.8 Å². The maximum Gasteiger partial charge on any atom is 0.140 e. The quantitative estimate of drug-likeness (QED) is 0.771. The van der Waals surface area contributed by atoms with Gasteiger partial charge < -0.3 is 5.73 Å². The van der Waals surface area contributed by atoms with E-state index in [4.69, 9.17) is 5.73 Å². The predicted molar refractivity (Wildman–Crippen MR) is 53.0 cm³/mol. The second kappa shape index (κ2) is 4.30. The molecule has 3 nitrogen and oxygen atoms in total. The molecule has 0 atom stereocenters. The van der Waals surface area contributed by atoms with Gasteiger partial charge in [-0.3, -0.25) is 0 Å². The molecule has 12 heavy (non-hydrogen) atoms. The Morgan fingerprint density at radius 1 is 1.50 bits per heavy atom. The third-order valence-corrected chi connectivity index (χ3v) is 2.03. The van der Waals surface area contributed by atoms with Gasteiger partial charge in [0.15, 0.2) is 0 Å². The maximum absolute atomic E-state index is 5.60. The molecule has 0 fully saturated rings. The van der Waals surface area contributed by atoms with Crippen molar-refractivity contribution < 1.29 is 0 Å². The lowest BCUT2D eigenvalue weighted by molar-refractivity contribution is 0.946. The topological polar surface area (TPSA) is 51.8 Å². The van der Waals surface area contributed by atoms with Gasteiger partial charge in [-0.05, 0) is 12.7 Å².